The van der Waals surface area contributed by atoms with Crippen LogP contribution in [0.4, 0.5) is 0 Å². The first-order valence-corrected chi connectivity index (χ1v) is 13.0. The summed E-state index contributed by atoms with van der Waals surface area (Å²) >= 11 is 12.3. The van der Waals surface area contributed by atoms with Crippen LogP contribution in [0.15, 0.2) is 72.8 Å². The van der Waals surface area contributed by atoms with Gasteiger partial charge in [0, 0.05) is 33.0 Å². The predicted octanol–water partition coefficient (Wildman–Crippen LogP) is 4.76. The number of nitrogens with zero attached hydrogens (tertiary/aromatic N) is 2. The van der Waals surface area contributed by atoms with Crippen LogP contribution in [0, 0.1) is 0 Å². The number of imide groups is 1. The Morgan fingerprint density at radius 3 is 2.11 bits per heavy atom. The van der Waals surface area contributed by atoms with Gasteiger partial charge in [-0.25, -0.2) is 0 Å². The number of benzene rings is 3. The molecule has 0 aromatic heterocycles. The Kier molecular flexibility index (Phi) is 8.81. The van der Waals surface area contributed by atoms with E-state index in [0.717, 1.165) is 11.1 Å². The van der Waals surface area contributed by atoms with Crippen molar-refractivity contribution < 1.29 is 19.2 Å². The lowest BCUT2D eigenvalue weighted by Gasteiger charge is -2.31. The van der Waals surface area contributed by atoms with Gasteiger partial charge in [0.15, 0.2) is 0 Å². The lowest BCUT2D eigenvalue weighted by atomic mass is 10.0. The van der Waals surface area contributed by atoms with Gasteiger partial charge in [0.05, 0.1) is 21.2 Å². The Morgan fingerprint density at radius 2 is 1.50 bits per heavy atom. The van der Waals surface area contributed by atoms with Crippen LogP contribution in [0.1, 0.15) is 44.7 Å². The van der Waals surface area contributed by atoms with E-state index in [4.69, 9.17) is 23.2 Å². The fourth-order valence-corrected chi connectivity index (χ4v) is 4.85. The molecule has 0 saturated carbocycles. The SMILES string of the molecule is CNC(=O)[C@@H](Cc1ccccc1)N(Cc1ccc(Cl)c(Cl)c1)C(=O)CCCN1C(=O)c2ccccc2C1=O. The van der Waals surface area contributed by atoms with Gasteiger partial charge in [0.1, 0.15) is 6.04 Å². The van der Waals surface area contributed by atoms with Gasteiger partial charge < -0.3 is 10.2 Å². The third-order valence-corrected chi connectivity index (χ3v) is 7.24. The minimum atomic E-state index is -0.788. The number of hydrogen-bond acceptors (Lipinski definition) is 4. The van der Waals surface area contributed by atoms with E-state index in [-0.39, 0.29) is 49.6 Å². The molecular formula is C29H27Cl2N3O4. The lowest BCUT2D eigenvalue weighted by molar-refractivity contribution is -0.141. The molecule has 9 heteroatoms. The van der Waals surface area contributed by atoms with Crippen molar-refractivity contribution in [1.29, 1.82) is 0 Å². The molecule has 196 valence electrons. The summed E-state index contributed by atoms with van der Waals surface area (Å²) in [5.74, 6) is -1.31. The number of carbonyl (C=O) groups excluding carboxylic acids is 4. The number of carbonyl (C=O) groups is 4. The standard InChI is InChI=1S/C29H27Cl2N3O4/c1-32-27(36)25(17-19-8-3-2-4-9-19)34(18-20-13-14-23(30)24(31)16-20)26(35)12-7-15-33-28(37)21-10-5-6-11-22(21)29(33)38/h2-6,8-11,13-14,16,25H,7,12,15,17-18H2,1H3,(H,32,36)/t25-/m1/s1. The van der Waals surface area contributed by atoms with Gasteiger partial charge in [-0.3, -0.25) is 24.1 Å². The third kappa shape index (κ3) is 6.06. The molecule has 38 heavy (non-hydrogen) atoms. The molecule has 0 bridgehead atoms. The molecule has 0 fully saturated rings. The molecule has 3 aromatic rings. The second kappa shape index (κ2) is 12.2. The van der Waals surface area contributed by atoms with Crippen molar-refractivity contribution in [2.45, 2.75) is 31.8 Å². The van der Waals surface area contributed by atoms with E-state index in [1.54, 1.807) is 42.5 Å². The van der Waals surface area contributed by atoms with Crippen molar-refractivity contribution >= 4 is 46.8 Å². The second-order valence-electron chi connectivity index (χ2n) is 9.00. The highest BCUT2D eigenvalue weighted by molar-refractivity contribution is 6.42. The van der Waals surface area contributed by atoms with Crippen LogP contribution in [0.25, 0.3) is 0 Å². The number of halogens is 2. The zero-order valence-corrected chi connectivity index (χ0v) is 22.3. The van der Waals surface area contributed by atoms with E-state index in [0.29, 0.717) is 27.6 Å². The van der Waals surface area contributed by atoms with Crippen LogP contribution in [-0.2, 0) is 22.6 Å². The topological polar surface area (TPSA) is 86.8 Å². The average molecular weight is 552 g/mol. The highest BCUT2D eigenvalue weighted by atomic mass is 35.5. The van der Waals surface area contributed by atoms with E-state index in [2.05, 4.69) is 5.32 Å². The normalized spacial score (nSPS) is 13.3. The van der Waals surface area contributed by atoms with Gasteiger partial charge in [0.2, 0.25) is 11.8 Å². The van der Waals surface area contributed by atoms with E-state index in [9.17, 15) is 19.2 Å². The van der Waals surface area contributed by atoms with Crippen LogP contribution in [-0.4, -0.2) is 53.1 Å². The van der Waals surface area contributed by atoms with E-state index in [1.165, 1.54) is 16.8 Å². The van der Waals surface area contributed by atoms with Gasteiger partial charge in [-0.05, 0) is 41.8 Å². The summed E-state index contributed by atoms with van der Waals surface area (Å²) < 4.78 is 0. The van der Waals surface area contributed by atoms with Crippen molar-refractivity contribution in [2.24, 2.45) is 0 Å². The highest BCUT2D eigenvalue weighted by Gasteiger charge is 2.35. The van der Waals surface area contributed by atoms with Gasteiger partial charge in [-0.2, -0.15) is 0 Å². The minimum absolute atomic E-state index is 0.0387. The van der Waals surface area contributed by atoms with Gasteiger partial charge in [-0.1, -0.05) is 71.7 Å². The Bertz CT molecular complexity index is 1330. The zero-order chi connectivity index (χ0) is 27.2. The number of nitrogens with one attached hydrogen (secondary N) is 1. The highest BCUT2D eigenvalue weighted by Crippen LogP contribution is 2.25. The van der Waals surface area contributed by atoms with Gasteiger partial charge >= 0.3 is 0 Å². The summed E-state index contributed by atoms with van der Waals surface area (Å²) in [5.41, 5.74) is 2.36. The molecular weight excluding hydrogens is 525 g/mol. The van der Waals surface area contributed by atoms with Gasteiger partial charge in [0.25, 0.3) is 11.8 Å². The molecule has 1 atom stereocenters. The third-order valence-electron chi connectivity index (χ3n) is 6.50. The Labute approximate surface area is 231 Å². The lowest BCUT2D eigenvalue weighted by Crippen LogP contribution is -2.49. The molecule has 0 unspecified atom stereocenters. The maximum Gasteiger partial charge on any atom is 0.261 e. The minimum Gasteiger partial charge on any atom is -0.357 e. The molecule has 0 aliphatic carbocycles. The monoisotopic (exact) mass is 551 g/mol. The Hall–Kier alpha value is -3.68. The first-order chi connectivity index (χ1) is 18.3. The largest absolute Gasteiger partial charge is 0.357 e. The van der Waals surface area contributed by atoms with E-state index in [1.807, 2.05) is 30.3 Å². The van der Waals surface area contributed by atoms with Crippen LogP contribution in [0.3, 0.4) is 0 Å². The smallest absolute Gasteiger partial charge is 0.261 e. The van der Waals surface area contributed by atoms with Crippen molar-refractivity contribution in [1.82, 2.24) is 15.1 Å². The quantitative estimate of drug-likeness (QED) is 0.368. The van der Waals surface area contributed by atoms with Crippen LogP contribution >= 0.6 is 23.2 Å². The van der Waals surface area contributed by atoms with Crippen LogP contribution in [0.2, 0.25) is 10.0 Å². The zero-order valence-electron chi connectivity index (χ0n) is 20.8. The number of hydrogen-bond donors (Lipinski definition) is 1. The van der Waals surface area contributed by atoms with Gasteiger partial charge in [-0.15, -0.1) is 0 Å². The van der Waals surface area contributed by atoms with Crippen molar-refractivity contribution in [2.75, 3.05) is 13.6 Å². The molecule has 4 rings (SSSR count). The van der Waals surface area contributed by atoms with Crippen molar-refractivity contribution in [3.63, 3.8) is 0 Å². The summed E-state index contributed by atoms with van der Waals surface area (Å²) in [6.45, 7) is 0.232. The van der Waals surface area contributed by atoms with Crippen molar-refractivity contribution in [3.8, 4) is 0 Å². The number of likely N-dealkylation sites (N-methyl/N-ethyl adjacent to an activating group) is 1. The fourth-order valence-electron chi connectivity index (χ4n) is 4.53. The van der Waals surface area contributed by atoms with Crippen LogP contribution in [0.5, 0.6) is 0 Å². The first kappa shape index (κ1) is 27.4. The maximum atomic E-state index is 13.6. The number of fused-ring (bicyclic) bond motifs is 1. The maximum absolute atomic E-state index is 13.6. The molecule has 7 nitrogen and oxygen atoms in total. The molecule has 0 saturated heterocycles. The number of amides is 4. The molecule has 1 aliphatic heterocycles. The second-order valence-corrected chi connectivity index (χ2v) is 9.82. The summed E-state index contributed by atoms with van der Waals surface area (Å²) in [4.78, 5) is 54.7. The Morgan fingerprint density at radius 1 is 0.868 bits per heavy atom. The fraction of sp³-hybridized carbons (Fsp3) is 0.241. The summed E-state index contributed by atoms with van der Waals surface area (Å²) in [6, 6.07) is 20.4. The number of rotatable bonds is 10. The first-order valence-electron chi connectivity index (χ1n) is 12.2. The van der Waals surface area contributed by atoms with Crippen LogP contribution < -0.4 is 5.32 Å². The van der Waals surface area contributed by atoms with Crippen molar-refractivity contribution in [3.05, 3.63) is 105 Å². The van der Waals surface area contributed by atoms with E-state index >= 15 is 0 Å². The molecule has 1 heterocycles. The molecule has 0 spiro atoms. The summed E-state index contributed by atoms with van der Waals surface area (Å²) in [5, 5.41) is 3.41. The van der Waals surface area contributed by atoms with E-state index < -0.39 is 6.04 Å². The molecule has 0 radical (unpaired) electrons. The summed E-state index contributed by atoms with van der Waals surface area (Å²) in [7, 11) is 1.53. The molecule has 4 amide bonds. The Balaban J connectivity index is 1.53. The molecule has 1 aliphatic rings. The molecule has 3 aromatic carbocycles. The molecule has 1 N–H and O–H groups in total. The summed E-state index contributed by atoms with van der Waals surface area (Å²) in [6.07, 6.45) is 0.608. The average Bonchev–Trinajstić information content (AvgIpc) is 3.17. The predicted molar refractivity (Wildman–Crippen MR) is 146 cm³/mol.